The number of hydrogen-bond donors (Lipinski definition) is 2. The minimum Gasteiger partial charge on any atom is -0.444 e. The molecule has 0 aromatic carbocycles. The Morgan fingerprint density at radius 3 is 2.36 bits per heavy atom. The van der Waals surface area contributed by atoms with Crippen molar-refractivity contribution in [3.63, 3.8) is 0 Å². The van der Waals surface area contributed by atoms with E-state index in [9.17, 15) is 4.79 Å². The number of carbonyl (C=O) groups excluding carboxylic acids is 1. The molecule has 1 aliphatic rings. The first-order chi connectivity index (χ1) is 10.4. The second-order valence-corrected chi connectivity index (χ2v) is 6.41. The Bertz CT molecular complexity index is 371. The Balaban J connectivity index is 2.19. The molecule has 1 rings (SSSR count). The van der Waals surface area contributed by atoms with Crippen LogP contribution in [0.3, 0.4) is 0 Å². The molecular weight excluding hydrogens is 282 g/mol. The Labute approximate surface area is 134 Å². The van der Waals surface area contributed by atoms with Crippen LogP contribution in [0.25, 0.3) is 0 Å². The summed E-state index contributed by atoms with van der Waals surface area (Å²) in [6.45, 7) is 10.9. The zero-order valence-corrected chi connectivity index (χ0v) is 14.6. The minimum atomic E-state index is -0.425. The standard InChI is InChI=1S/C15H31N5O2/c1-15(2,3)22-14(21)20-11-9-19(10-12-20)8-6-7-18-13(16-4)17-5/h6-12H2,1-5H3,(H2,16,17,18). The molecule has 0 atom stereocenters. The molecular formula is C15H31N5O2. The molecule has 1 saturated heterocycles. The molecule has 1 fully saturated rings. The molecule has 0 saturated carbocycles. The van der Waals surface area contributed by atoms with Gasteiger partial charge in [0, 0.05) is 46.8 Å². The predicted molar refractivity (Wildman–Crippen MR) is 89.3 cm³/mol. The molecule has 0 radical (unpaired) electrons. The lowest BCUT2D eigenvalue weighted by atomic mass is 10.2. The molecule has 0 aromatic rings. The predicted octanol–water partition coefficient (Wildman–Crippen LogP) is 0.724. The zero-order chi connectivity index (χ0) is 16.6. The van der Waals surface area contributed by atoms with Crippen molar-refractivity contribution in [2.75, 3.05) is 53.4 Å². The summed E-state index contributed by atoms with van der Waals surface area (Å²) in [5, 5.41) is 6.23. The summed E-state index contributed by atoms with van der Waals surface area (Å²) in [6.07, 6.45) is 0.847. The van der Waals surface area contributed by atoms with Gasteiger partial charge in [-0.2, -0.15) is 0 Å². The van der Waals surface area contributed by atoms with Crippen molar-refractivity contribution in [3.8, 4) is 0 Å². The number of piperazine rings is 1. The smallest absolute Gasteiger partial charge is 0.410 e. The van der Waals surface area contributed by atoms with Crippen molar-refractivity contribution in [1.29, 1.82) is 0 Å². The van der Waals surface area contributed by atoms with E-state index in [0.29, 0.717) is 0 Å². The maximum absolute atomic E-state index is 12.0. The van der Waals surface area contributed by atoms with Gasteiger partial charge in [-0.3, -0.25) is 9.89 Å². The van der Waals surface area contributed by atoms with Crippen molar-refractivity contribution in [2.45, 2.75) is 32.8 Å². The number of ether oxygens (including phenoxy) is 1. The first-order valence-corrected chi connectivity index (χ1v) is 7.94. The van der Waals surface area contributed by atoms with Crippen LogP contribution in [0.1, 0.15) is 27.2 Å². The SMILES string of the molecule is CN=C(NC)NCCCN1CCN(C(=O)OC(C)(C)C)CC1. The van der Waals surface area contributed by atoms with Crippen LogP contribution in [-0.2, 0) is 4.74 Å². The highest BCUT2D eigenvalue weighted by atomic mass is 16.6. The van der Waals surface area contributed by atoms with E-state index in [1.165, 1.54) is 0 Å². The third-order valence-corrected chi connectivity index (χ3v) is 3.43. The number of aliphatic imine (C=N–C) groups is 1. The third kappa shape index (κ3) is 6.98. The van der Waals surface area contributed by atoms with Crippen LogP contribution in [-0.4, -0.2) is 80.8 Å². The molecule has 7 heteroatoms. The van der Waals surface area contributed by atoms with Crippen molar-refractivity contribution in [1.82, 2.24) is 20.4 Å². The topological polar surface area (TPSA) is 69.2 Å². The summed E-state index contributed by atoms with van der Waals surface area (Å²) in [4.78, 5) is 20.2. The Kier molecular flexibility index (Phi) is 7.44. The van der Waals surface area contributed by atoms with Gasteiger partial charge in [-0.05, 0) is 33.7 Å². The van der Waals surface area contributed by atoms with Crippen molar-refractivity contribution in [2.24, 2.45) is 4.99 Å². The quantitative estimate of drug-likeness (QED) is 0.455. The molecule has 1 amide bonds. The molecule has 0 aromatic heterocycles. The normalized spacial score (nSPS) is 17.3. The maximum Gasteiger partial charge on any atom is 0.410 e. The number of amides is 1. The molecule has 7 nitrogen and oxygen atoms in total. The first-order valence-electron chi connectivity index (χ1n) is 7.94. The van der Waals surface area contributed by atoms with Crippen LogP contribution in [0.15, 0.2) is 4.99 Å². The summed E-state index contributed by atoms with van der Waals surface area (Å²) in [5.41, 5.74) is -0.425. The van der Waals surface area contributed by atoms with Crippen LogP contribution in [0.4, 0.5) is 4.79 Å². The van der Waals surface area contributed by atoms with Gasteiger partial charge < -0.3 is 20.3 Å². The van der Waals surface area contributed by atoms with Gasteiger partial charge in [-0.1, -0.05) is 0 Å². The molecule has 0 unspecified atom stereocenters. The fourth-order valence-corrected chi connectivity index (χ4v) is 2.27. The van der Waals surface area contributed by atoms with E-state index in [1.807, 2.05) is 27.8 Å². The average molecular weight is 313 g/mol. The highest BCUT2D eigenvalue weighted by Gasteiger charge is 2.25. The summed E-state index contributed by atoms with van der Waals surface area (Å²) in [7, 11) is 3.61. The minimum absolute atomic E-state index is 0.202. The van der Waals surface area contributed by atoms with E-state index >= 15 is 0 Å². The van der Waals surface area contributed by atoms with E-state index in [0.717, 1.165) is 51.6 Å². The molecule has 0 bridgehead atoms. The van der Waals surface area contributed by atoms with Crippen LogP contribution < -0.4 is 10.6 Å². The van der Waals surface area contributed by atoms with Gasteiger partial charge in [-0.15, -0.1) is 0 Å². The van der Waals surface area contributed by atoms with E-state index in [2.05, 4.69) is 20.5 Å². The van der Waals surface area contributed by atoms with Gasteiger partial charge in [0.25, 0.3) is 0 Å². The van der Waals surface area contributed by atoms with Gasteiger partial charge in [0.1, 0.15) is 5.60 Å². The van der Waals surface area contributed by atoms with Gasteiger partial charge in [0.15, 0.2) is 5.96 Å². The van der Waals surface area contributed by atoms with E-state index in [1.54, 1.807) is 11.9 Å². The highest BCUT2D eigenvalue weighted by molar-refractivity contribution is 5.79. The van der Waals surface area contributed by atoms with Gasteiger partial charge >= 0.3 is 6.09 Å². The van der Waals surface area contributed by atoms with E-state index in [4.69, 9.17) is 4.74 Å². The number of rotatable bonds is 4. The molecule has 1 aliphatic heterocycles. The van der Waals surface area contributed by atoms with Crippen LogP contribution in [0.5, 0.6) is 0 Å². The first kappa shape index (κ1) is 18.5. The Morgan fingerprint density at radius 1 is 1.23 bits per heavy atom. The maximum atomic E-state index is 12.0. The lowest BCUT2D eigenvalue weighted by Gasteiger charge is -2.35. The fraction of sp³-hybridized carbons (Fsp3) is 0.867. The molecule has 22 heavy (non-hydrogen) atoms. The zero-order valence-electron chi connectivity index (χ0n) is 14.6. The number of nitrogens with zero attached hydrogens (tertiary/aromatic N) is 3. The molecule has 128 valence electrons. The van der Waals surface area contributed by atoms with Crippen molar-refractivity contribution >= 4 is 12.1 Å². The Morgan fingerprint density at radius 2 is 1.86 bits per heavy atom. The van der Waals surface area contributed by atoms with Crippen LogP contribution in [0, 0.1) is 0 Å². The number of nitrogens with one attached hydrogen (secondary N) is 2. The summed E-state index contributed by atoms with van der Waals surface area (Å²) in [5.74, 6) is 0.815. The second kappa shape index (κ2) is 8.82. The number of guanidine groups is 1. The highest BCUT2D eigenvalue weighted by Crippen LogP contribution is 2.11. The van der Waals surface area contributed by atoms with Crippen molar-refractivity contribution in [3.05, 3.63) is 0 Å². The molecule has 2 N–H and O–H groups in total. The summed E-state index contributed by atoms with van der Waals surface area (Å²) in [6, 6.07) is 0. The Hall–Kier alpha value is -1.50. The van der Waals surface area contributed by atoms with Gasteiger partial charge in [-0.25, -0.2) is 4.79 Å². The monoisotopic (exact) mass is 313 g/mol. The molecule has 0 aliphatic carbocycles. The van der Waals surface area contributed by atoms with E-state index < -0.39 is 5.60 Å². The summed E-state index contributed by atoms with van der Waals surface area (Å²) >= 11 is 0. The lowest BCUT2D eigenvalue weighted by Crippen LogP contribution is -2.50. The molecule has 1 heterocycles. The number of hydrogen-bond acceptors (Lipinski definition) is 4. The van der Waals surface area contributed by atoms with E-state index in [-0.39, 0.29) is 6.09 Å². The molecule has 0 spiro atoms. The summed E-state index contributed by atoms with van der Waals surface area (Å²) < 4.78 is 5.40. The van der Waals surface area contributed by atoms with Gasteiger partial charge in [0.05, 0.1) is 0 Å². The van der Waals surface area contributed by atoms with Gasteiger partial charge in [0.2, 0.25) is 0 Å². The second-order valence-electron chi connectivity index (χ2n) is 6.41. The lowest BCUT2D eigenvalue weighted by molar-refractivity contribution is 0.0145. The largest absolute Gasteiger partial charge is 0.444 e. The van der Waals surface area contributed by atoms with Crippen LogP contribution in [0.2, 0.25) is 0 Å². The van der Waals surface area contributed by atoms with Crippen molar-refractivity contribution < 1.29 is 9.53 Å². The fourth-order valence-electron chi connectivity index (χ4n) is 2.27. The van der Waals surface area contributed by atoms with Crippen LogP contribution >= 0.6 is 0 Å². The third-order valence-electron chi connectivity index (χ3n) is 3.43. The number of carbonyl (C=O) groups is 1. The average Bonchev–Trinajstić information content (AvgIpc) is 2.46.